The van der Waals surface area contributed by atoms with Crippen LogP contribution in [0.25, 0.3) is 0 Å². The van der Waals surface area contributed by atoms with Gasteiger partial charge < -0.3 is 10.4 Å². The van der Waals surface area contributed by atoms with Crippen molar-refractivity contribution in [3.8, 4) is 0 Å². The normalized spacial score (nSPS) is 13.1. The zero-order valence-electron chi connectivity index (χ0n) is 10.8. The molecule has 0 aliphatic carbocycles. The number of hydrogen-bond donors (Lipinski definition) is 2. The Morgan fingerprint density at radius 1 is 1.35 bits per heavy atom. The van der Waals surface area contributed by atoms with E-state index in [2.05, 4.69) is 60.2 Å². The molecule has 1 aromatic rings. The van der Waals surface area contributed by atoms with Crippen molar-refractivity contribution in [1.29, 1.82) is 0 Å². The highest BCUT2D eigenvalue weighted by atomic mass is 79.9. The van der Waals surface area contributed by atoms with Crippen LogP contribution in [-0.2, 0) is 6.42 Å². The topological polar surface area (TPSA) is 32.3 Å². The minimum Gasteiger partial charge on any atom is -0.395 e. The predicted octanol–water partition coefficient (Wildman–Crippen LogP) is 2.91. The second kappa shape index (κ2) is 7.14. The Bertz CT molecular complexity index is 352. The summed E-state index contributed by atoms with van der Waals surface area (Å²) in [6.45, 7) is 7.49. The van der Waals surface area contributed by atoms with Crippen molar-refractivity contribution in [2.24, 2.45) is 5.92 Å². The lowest BCUT2D eigenvalue weighted by molar-refractivity contribution is 0.212. The first-order valence-corrected chi connectivity index (χ1v) is 6.93. The maximum atomic E-state index is 9.22. The number of aliphatic hydroxyl groups is 1. The highest BCUT2D eigenvalue weighted by Gasteiger charge is 2.10. The van der Waals surface area contributed by atoms with Crippen LogP contribution < -0.4 is 5.32 Å². The van der Waals surface area contributed by atoms with Gasteiger partial charge in [-0.15, -0.1) is 0 Å². The second-order valence-electron chi connectivity index (χ2n) is 4.81. The van der Waals surface area contributed by atoms with Gasteiger partial charge in [0.05, 0.1) is 6.61 Å². The van der Waals surface area contributed by atoms with Crippen LogP contribution >= 0.6 is 15.9 Å². The van der Waals surface area contributed by atoms with E-state index < -0.39 is 0 Å². The number of nitrogens with one attached hydrogen (secondary N) is 1. The molecule has 0 amide bonds. The van der Waals surface area contributed by atoms with Gasteiger partial charge in [0.25, 0.3) is 0 Å². The average molecular weight is 300 g/mol. The molecule has 1 atom stereocenters. The molecule has 0 aromatic heterocycles. The number of benzene rings is 1. The van der Waals surface area contributed by atoms with Gasteiger partial charge in [-0.3, -0.25) is 0 Å². The largest absolute Gasteiger partial charge is 0.395 e. The maximum Gasteiger partial charge on any atom is 0.0587 e. The van der Waals surface area contributed by atoms with Gasteiger partial charge in [-0.1, -0.05) is 35.8 Å². The van der Waals surface area contributed by atoms with Crippen molar-refractivity contribution in [1.82, 2.24) is 5.32 Å². The molecule has 96 valence electrons. The molecule has 0 fully saturated rings. The third kappa shape index (κ3) is 4.78. The van der Waals surface area contributed by atoms with Crippen LogP contribution in [0.2, 0.25) is 0 Å². The number of halogens is 1. The van der Waals surface area contributed by atoms with Crippen LogP contribution in [0.4, 0.5) is 0 Å². The first kappa shape index (κ1) is 14.7. The SMILES string of the molecule is Cc1ccc(Br)cc1CCNC(CO)C(C)C. The quantitative estimate of drug-likeness (QED) is 0.846. The predicted molar refractivity (Wildman–Crippen MR) is 76.3 cm³/mol. The van der Waals surface area contributed by atoms with E-state index in [-0.39, 0.29) is 12.6 Å². The zero-order valence-corrected chi connectivity index (χ0v) is 12.4. The molecule has 0 bridgehead atoms. The number of aliphatic hydroxyl groups excluding tert-OH is 1. The molecule has 2 nitrogen and oxygen atoms in total. The van der Waals surface area contributed by atoms with Crippen LogP contribution in [0.5, 0.6) is 0 Å². The van der Waals surface area contributed by atoms with E-state index in [1.54, 1.807) is 0 Å². The zero-order chi connectivity index (χ0) is 12.8. The molecule has 0 aliphatic rings. The Kier molecular flexibility index (Phi) is 6.17. The standard InChI is InChI=1S/C14H22BrNO/c1-10(2)14(9-17)16-7-6-12-8-13(15)5-4-11(12)3/h4-5,8,10,14,16-17H,6-7,9H2,1-3H3. The van der Waals surface area contributed by atoms with Gasteiger partial charge in [0, 0.05) is 10.5 Å². The van der Waals surface area contributed by atoms with Gasteiger partial charge in [0.15, 0.2) is 0 Å². The van der Waals surface area contributed by atoms with Crippen molar-refractivity contribution >= 4 is 15.9 Å². The molecule has 0 aliphatic heterocycles. The fraction of sp³-hybridized carbons (Fsp3) is 0.571. The molecule has 1 aromatic carbocycles. The fourth-order valence-corrected chi connectivity index (χ4v) is 2.22. The van der Waals surface area contributed by atoms with Crippen LogP contribution in [0.15, 0.2) is 22.7 Å². The third-order valence-electron chi connectivity index (χ3n) is 3.11. The first-order valence-electron chi connectivity index (χ1n) is 6.14. The fourth-order valence-electron chi connectivity index (χ4n) is 1.81. The minimum absolute atomic E-state index is 0.197. The van der Waals surface area contributed by atoms with E-state index in [4.69, 9.17) is 0 Å². The summed E-state index contributed by atoms with van der Waals surface area (Å²) in [6, 6.07) is 6.56. The van der Waals surface area contributed by atoms with Crippen molar-refractivity contribution in [2.75, 3.05) is 13.2 Å². The summed E-state index contributed by atoms with van der Waals surface area (Å²) in [5.41, 5.74) is 2.67. The molecule has 1 unspecified atom stereocenters. The Morgan fingerprint density at radius 2 is 2.06 bits per heavy atom. The molecule has 0 radical (unpaired) electrons. The lowest BCUT2D eigenvalue weighted by atomic mass is 10.0. The molecular weight excluding hydrogens is 278 g/mol. The maximum absolute atomic E-state index is 9.22. The summed E-state index contributed by atoms with van der Waals surface area (Å²) in [5, 5.41) is 12.6. The lowest BCUT2D eigenvalue weighted by Gasteiger charge is -2.20. The van der Waals surface area contributed by atoms with Gasteiger partial charge in [0.1, 0.15) is 0 Å². The second-order valence-corrected chi connectivity index (χ2v) is 5.72. The average Bonchev–Trinajstić information content (AvgIpc) is 2.28. The molecule has 2 N–H and O–H groups in total. The number of rotatable bonds is 6. The number of aryl methyl sites for hydroxylation is 1. The van der Waals surface area contributed by atoms with E-state index in [1.165, 1.54) is 11.1 Å². The molecule has 0 saturated heterocycles. The van der Waals surface area contributed by atoms with Crippen molar-refractivity contribution in [3.05, 3.63) is 33.8 Å². The van der Waals surface area contributed by atoms with E-state index in [1.807, 2.05) is 0 Å². The molecule has 3 heteroatoms. The van der Waals surface area contributed by atoms with E-state index in [9.17, 15) is 5.11 Å². The van der Waals surface area contributed by atoms with Crippen molar-refractivity contribution < 1.29 is 5.11 Å². The number of hydrogen-bond acceptors (Lipinski definition) is 2. The summed E-state index contributed by atoms with van der Waals surface area (Å²) < 4.78 is 1.13. The van der Waals surface area contributed by atoms with Gasteiger partial charge in [-0.25, -0.2) is 0 Å². The Morgan fingerprint density at radius 3 is 2.65 bits per heavy atom. The highest BCUT2D eigenvalue weighted by molar-refractivity contribution is 9.10. The van der Waals surface area contributed by atoms with Gasteiger partial charge in [0.2, 0.25) is 0 Å². The Labute approximate surface area is 113 Å². The summed E-state index contributed by atoms with van der Waals surface area (Å²) in [7, 11) is 0. The van der Waals surface area contributed by atoms with E-state index >= 15 is 0 Å². The first-order chi connectivity index (χ1) is 8.04. The molecule has 0 spiro atoms. The molecular formula is C14H22BrNO. The van der Waals surface area contributed by atoms with Gasteiger partial charge >= 0.3 is 0 Å². The summed E-state index contributed by atoms with van der Waals surface area (Å²) in [4.78, 5) is 0. The van der Waals surface area contributed by atoms with Gasteiger partial charge in [-0.2, -0.15) is 0 Å². The van der Waals surface area contributed by atoms with Crippen LogP contribution in [-0.4, -0.2) is 24.3 Å². The van der Waals surface area contributed by atoms with Crippen LogP contribution in [0.3, 0.4) is 0 Å². The Hall–Kier alpha value is -0.380. The van der Waals surface area contributed by atoms with Gasteiger partial charge in [-0.05, 0) is 49.1 Å². The molecule has 0 heterocycles. The monoisotopic (exact) mass is 299 g/mol. The van der Waals surface area contributed by atoms with E-state index in [0.717, 1.165) is 17.4 Å². The molecule has 0 saturated carbocycles. The minimum atomic E-state index is 0.197. The summed E-state index contributed by atoms with van der Waals surface area (Å²) in [6.07, 6.45) is 0.995. The summed E-state index contributed by atoms with van der Waals surface area (Å²) in [5.74, 6) is 0.462. The van der Waals surface area contributed by atoms with Crippen LogP contribution in [0.1, 0.15) is 25.0 Å². The van der Waals surface area contributed by atoms with Crippen LogP contribution in [0, 0.1) is 12.8 Å². The third-order valence-corrected chi connectivity index (χ3v) is 3.61. The smallest absolute Gasteiger partial charge is 0.0587 e. The van der Waals surface area contributed by atoms with E-state index in [0.29, 0.717) is 5.92 Å². The Balaban J connectivity index is 2.47. The van der Waals surface area contributed by atoms with Crippen molar-refractivity contribution in [2.45, 2.75) is 33.2 Å². The van der Waals surface area contributed by atoms with Crippen molar-refractivity contribution in [3.63, 3.8) is 0 Å². The lowest BCUT2D eigenvalue weighted by Crippen LogP contribution is -2.38. The summed E-state index contributed by atoms with van der Waals surface area (Å²) >= 11 is 3.49. The highest BCUT2D eigenvalue weighted by Crippen LogP contribution is 2.16. The molecule has 17 heavy (non-hydrogen) atoms. The molecule has 1 rings (SSSR count).